The molecule has 0 aromatic rings. The maximum atomic E-state index is 9.31. The molecule has 0 saturated heterocycles. The summed E-state index contributed by atoms with van der Waals surface area (Å²) in [5.41, 5.74) is -0.725. The fourth-order valence-corrected chi connectivity index (χ4v) is 1.94. The Balaban J connectivity index is 3.94. The molecule has 2 atom stereocenters. The van der Waals surface area contributed by atoms with Gasteiger partial charge in [-0.1, -0.05) is 19.6 Å². The molecule has 10 heavy (non-hydrogen) atoms. The zero-order valence-corrected chi connectivity index (χ0v) is 7.70. The molecule has 0 aliphatic rings. The van der Waals surface area contributed by atoms with Gasteiger partial charge in [-0.2, -0.15) is 0 Å². The molecular formula is C6H16O3Si. The quantitative estimate of drug-likeness (QED) is 0.496. The second-order valence-electron chi connectivity index (χ2n) is 3.56. The standard InChI is InChI=1S/C6H16O3Si/c1-10(2,3)6(9)5(8)4-7/h5-9H,4H2,1-3H3/t5-,6-/m1/s1. The van der Waals surface area contributed by atoms with Crippen LogP contribution in [0.15, 0.2) is 0 Å². The van der Waals surface area contributed by atoms with E-state index < -0.39 is 19.9 Å². The summed E-state index contributed by atoms with van der Waals surface area (Å²) >= 11 is 0. The van der Waals surface area contributed by atoms with Crippen LogP contribution in [0.3, 0.4) is 0 Å². The van der Waals surface area contributed by atoms with Crippen molar-refractivity contribution >= 4 is 8.07 Å². The Bertz CT molecular complexity index is 99.7. The summed E-state index contributed by atoms with van der Waals surface area (Å²) in [5, 5.41) is 26.8. The molecular weight excluding hydrogens is 148 g/mol. The Hall–Kier alpha value is 0.0969. The number of rotatable bonds is 3. The summed E-state index contributed by atoms with van der Waals surface area (Å²) < 4.78 is 0. The summed E-state index contributed by atoms with van der Waals surface area (Å²) in [5.74, 6) is 0. The lowest BCUT2D eigenvalue weighted by atomic mass is 10.4. The van der Waals surface area contributed by atoms with Crippen LogP contribution in [-0.2, 0) is 0 Å². The third-order valence-corrected chi connectivity index (χ3v) is 3.60. The van der Waals surface area contributed by atoms with Crippen LogP contribution in [0, 0.1) is 0 Å². The van der Waals surface area contributed by atoms with Crippen LogP contribution in [0.25, 0.3) is 0 Å². The molecule has 0 unspecified atom stereocenters. The van der Waals surface area contributed by atoms with E-state index >= 15 is 0 Å². The van der Waals surface area contributed by atoms with E-state index in [2.05, 4.69) is 0 Å². The SMILES string of the molecule is C[Si](C)(C)[C@@H](O)[C@H](O)CO. The van der Waals surface area contributed by atoms with Gasteiger partial charge in [0.25, 0.3) is 0 Å². The topological polar surface area (TPSA) is 60.7 Å². The molecule has 62 valence electrons. The summed E-state index contributed by atoms with van der Waals surface area (Å²) in [7, 11) is -1.70. The number of hydrogen-bond donors (Lipinski definition) is 3. The van der Waals surface area contributed by atoms with Gasteiger partial charge < -0.3 is 15.3 Å². The van der Waals surface area contributed by atoms with E-state index in [4.69, 9.17) is 10.2 Å². The van der Waals surface area contributed by atoms with Crippen molar-refractivity contribution in [2.75, 3.05) is 6.61 Å². The van der Waals surface area contributed by atoms with Crippen LogP contribution in [0.2, 0.25) is 19.6 Å². The third kappa shape index (κ3) is 2.79. The van der Waals surface area contributed by atoms with Crippen molar-refractivity contribution in [3.63, 3.8) is 0 Å². The molecule has 0 aromatic carbocycles. The van der Waals surface area contributed by atoms with Gasteiger partial charge >= 0.3 is 0 Å². The van der Waals surface area contributed by atoms with E-state index in [9.17, 15) is 5.11 Å². The summed E-state index contributed by atoms with van der Waals surface area (Å²) in [6, 6.07) is 0. The highest BCUT2D eigenvalue weighted by Gasteiger charge is 2.30. The highest BCUT2D eigenvalue weighted by Crippen LogP contribution is 2.10. The second-order valence-corrected chi connectivity index (χ2v) is 8.88. The van der Waals surface area contributed by atoms with Crippen molar-refractivity contribution in [2.24, 2.45) is 0 Å². The molecule has 0 spiro atoms. The maximum Gasteiger partial charge on any atom is 0.0999 e. The van der Waals surface area contributed by atoms with Crippen LogP contribution in [0.4, 0.5) is 0 Å². The Morgan fingerprint density at radius 2 is 1.60 bits per heavy atom. The molecule has 0 aliphatic heterocycles. The number of hydrogen-bond acceptors (Lipinski definition) is 3. The normalized spacial score (nSPS) is 18.6. The minimum atomic E-state index is -1.70. The molecule has 0 heterocycles. The Kier molecular flexibility index (Phi) is 3.51. The van der Waals surface area contributed by atoms with Gasteiger partial charge in [-0.25, -0.2) is 0 Å². The van der Waals surface area contributed by atoms with E-state index in [1.165, 1.54) is 0 Å². The number of aliphatic hydroxyl groups excluding tert-OH is 3. The average molecular weight is 164 g/mol. The van der Waals surface area contributed by atoms with Gasteiger partial charge in [0, 0.05) is 0 Å². The van der Waals surface area contributed by atoms with Gasteiger partial charge in [0.1, 0.15) is 0 Å². The molecule has 0 fully saturated rings. The minimum Gasteiger partial charge on any atom is -0.394 e. The van der Waals surface area contributed by atoms with Crippen molar-refractivity contribution < 1.29 is 15.3 Å². The lowest BCUT2D eigenvalue weighted by molar-refractivity contribution is 0.0197. The van der Waals surface area contributed by atoms with Crippen LogP contribution >= 0.6 is 0 Å². The molecule has 0 rings (SSSR count). The van der Waals surface area contributed by atoms with Gasteiger partial charge in [0.2, 0.25) is 0 Å². The first kappa shape index (κ1) is 10.1. The zero-order valence-electron chi connectivity index (χ0n) is 6.70. The monoisotopic (exact) mass is 164 g/mol. The molecule has 0 aromatic heterocycles. The lowest BCUT2D eigenvalue weighted by Gasteiger charge is -2.26. The van der Waals surface area contributed by atoms with E-state index in [0.29, 0.717) is 0 Å². The first-order chi connectivity index (χ1) is 4.39. The highest BCUT2D eigenvalue weighted by atomic mass is 28.3. The fraction of sp³-hybridized carbons (Fsp3) is 1.00. The minimum absolute atomic E-state index is 0.356. The van der Waals surface area contributed by atoms with Crippen LogP contribution in [-0.4, -0.2) is 41.8 Å². The van der Waals surface area contributed by atoms with Gasteiger partial charge in [-0.15, -0.1) is 0 Å². The van der Waals surface area contributed by atoms with Crippen LogP contribution < -0.4 is 0 Å². The molecule has 4 heteroatoms. The second kappa shape index (κ2) is 3.48. The molecule has 0 amide bonds. The van der Waals surface area contributed by atoms with E-state index in [-0.39, 0.29) is 6.61 Å². The highest BCUT2D eigenvalue weighted by molar-refractivity contribution is 6.77. The van der Waals surface area contributed by atoms with Crippen molar-refractivity contribution in [2.45, 2.75) is 31.5 Å². The van der Waals surface area contributed by atoms with Crippen LogP contribution in [0.1, 0.15) is 0 Å². The van der Waals surface area contributed by atoms with Gasteiger partial charge in [0.15, 0.2) is 0 Å². The fourth-order valence-electron chi connectivity index (χ4n) is 0.677. The van der Waals surface area contributed by atoms with Crippen molar-refractivity contribution in [3.8, 4) is 0 Å². The summed E-state index contributed by atoms with van der Waals surface area (Å²) in [4.78, 5) is 0. The van der Waals surface area contributed by atoms with E-state index in [0.717, 1.165) is 0 Å². The van der Waals surface area contributed by atoms with Crippen molar-refractivity contribution in [3.05, 3.63) is 0 Å². The molecule has 0 bridgehead atoms. The third-order valence-electron chi connectivity index (χ3n) is 1.44. The Morgan fingerprint density at radius 1 is 1.20 bits per heavy atom. The van der Waals surface area contributed by atoms with E-state index in [1.807, 2.05) is 19.6 Å². The maximum absolute atomic E-state index is 9.31. The lowest BCUT2D eigenvalue weighted by Crippen LogP contribution is -2.47. The summed E-state index contributed by atoms with van der Waals surface area (Å²) in [6.45, 7) is 5.47. The van der Waals surface area contributed by atoms with Gasteiger partial charge in [-0.3, -0.25) is 0 Å². The van der Waals surface area contributed by atoms with E-state index in [1.54, 1.807) is 0 Å². The smallest absolute Gasteiger partial charge is 0.0999 e. The predicted octanol–water partition coefficient (Wildman–Crippen LogP) is -0.422. The largest absolute Gasteiger partial charge is 0.394 e. The van der Waals surface area contributed by atoms with Crippen molar-refractivity contribution in [1.82, 2.24) is 0 Å². The molecule has 3 N–H and O–H groups in total. The van der Waals surface area contributed by atoms with Gasteiger partial charge in [0.05, 0.1) is 26.5 Å². The zero-order chi connectivity index (χ0) is 8.36. The molecule has 3 nitrogen and oxygen atoms in total. The first-order valence-corrected chi connectivity index (χ1v) is 6.94. The number of aliphatic hydroxyl groups is 3. The van der Waals surface area contributed by atoms with Crippen LogP contribution in [0.5, 0.6) is 0 Å². The summed E-state index contributed by atoms with van der Waals surface area (Å²) in [6.07, 6.45) is -0.966. The molecule has 0 aliphatic carbocycles. The Morgan fingerprint density at radius 3 is 1.70 bits per heavy atom. The first-order valence-electron chi connectivity index (χ1n) is 3.36. The Labute approximate surface area is 62.3 Å². The molecule has 0 radical (unpaired) electrons. The molecule has 0 saturated carbocycles. The average Bonchev–Trinajstić information content (AvgIpc) is 1.83. The van der Waals surface area contributed by atoms with Crippen molar-refractivity contribution in [1.29, 1.82) is 0 Å². The van der Waals surface area contributed by atoms with Gasteiger partial charge in [-0.05, 0) is 0 Å². The predicted molar refractivity (Wildman–Crippen MR) is 42.4 cm³/mol.